The maximum Gasteiger partial charge on any atom is 0.411 e. The molecule has 1 heterocycles. The van der Waals surface area contributed by atoms with E-state index in [4.69, 9.17) is 0 Å². The van der Waals surface area contributed by atoms with Gasteiger partial charge in [0.25, 0.3) is 0 Å². The Labute approximate surface area is 121 Å². The maximum atomic E-state index is 12.2. The van der Waals surface area contributed by atoms with E-state index in [-0.39, 0.29) is 30.9 Å². The highest BCUT2D eigenvalue weighted by molar-refractivity contribution is 5.96. The second kappa shape index (κ2) is 7.11. The van der Waals surface area contributed by atoms with Crippen molar-refractivity contribution in [2.75, 3.05) is 19.8 Å². The molecule has 122 valence electrons. The van der Waals surface area contributed by atoms with Crippen LogP contribution >= 0.6 is 0 Å². The van der Waals surface area contributed by atoms with Crippen molar-refractivity contribution in [1.82, 2.24) is 10.2 Å². The molecule has 8 heteroatoms. The van der Waals surface area contributed by atoms with E-state index in [1.807, 2.05) is 13.8 Å². The SMILES string of the molecule is CC(C)CC1NC(=O)C(C)N(CCOCC(F)(F)F)C1=O. The number of alkyl halides is 3. The fraction of sp³-hybridized carbons (Fsp3) is 0.846. The average Bonchev–Trinajstić information content (AvgIpc) is 2.33. The smallest absolute Gasteiger partial charge is 0.370 e. The van der Waals surface area contributed by atoms with Crippen LogP contribution in [0.15, 0.2) is 0 Å². The van der Waals surface area contributed by atoms with Crippen molar-refractivity contribution < 1.29 is 27.5 Å². The Morgan fingerprint density at radius 1 is 1.33 bits per heavy atom. The number of carbonyl (C=O) groups is 2. The molecule has 0 spiro atoms. The zero-order chi connectivity index (χ0) is 16.2. The third-order valence-electron chi connectivity index (χ3n) is 3.19. The number of hydrogen-bond donors (Lipinski definition) is 1. The summed E-state index contributed by atoms with van der Waals surface area (Å²) in [6.45, 7) is 3.76. The summed E-state index contributed by atoms with van der Waals surface area (Å²) in [5, 5.41) is 2.64. The molecule has 1 fully saturated rings. The number of nitrogens with zero attached hydrogens (tertiary/aromatic N) is 1. The van der Waals surface area contributed by atoms with Gasteiger partial charge in [-0.05, 0) is 19.3 Å². The number of halogens is 3. The van der Waals surface area contributed by atoms with Gasteiger partial charge in [-0.1, -0.05) is 13.8 Å². The van der Waals surface area contributed by atoms with E-state index in [2.05, 4.69) is 10.1 Å². The van der Waals surface area contributed by atoms with Crippen LogP contribution in [0, 0.1) is 5.92 Å². The third kappa shape index (κ3) is 5.53. The number of piperazine rings is 1. The lowest BCUT2D eigenvalue weighted by molar-refractivity contribution is -0.176. The van der Waals surface area contributed by atoms with Crippen LogP contribution in [0.1, 0.15) is 27.2 Å². The molecule has 1 aliphatic rings. The Kier molecular flexibility index (Phi) is 6.00. The van der Waals surface area contributed by atoms with Crippen molar-refractivity contribution >= 4 is 11.8 Å². The topological polar surface area (TPSA) is 58.6 Å². The largest absolute Gasteiger partial charge is 0.411 e. The van der Waals surface area contributed by atoms with Gasteiger partial charge in [0.15, 0.2) is 0 Å². The number of carbonyl (C=O) groups excluding carboxylic acids is 2. The minimum Gasteiger partial charge on any atom is -0.370 e. The van der Waals surface area contributed by atoms with E-state index < -0.39 is 24.9 Å². The van der Waals surface area contributed by atoms with Crippen LogP contribution in [0.2, 0.25) is 0 Å². The van der Waals surface area contributed by atoms with Crippen LogP contribution in [0.25, 0.3) is 0 Å². The summed E-state index contributed by atoms with van der Waals surface area (Å²) in [4.78, 5) is 25.3. The minimum atomic E-state index is -4.39. The average molecular weight is 310 g/mol. The van der Waals surface area contributed by atoms with Gasteiger partial charge in [-0.3, -0.25) is 9.59 Å². The number of hydrogen-bond acceptors (Lipinski definition) is 3. The zero-order valence-corrected chi connectivity index (χ0v) is 12.4. The van der Waals surface area contributed by atoms with Gasteiger partial charge in [-0.2, -0.15) is 13.2 Å². The minimum absolute atomic E-state index is 0.0297. The monoisotopic (exact) mass is 310 g/mol. The second-order valence-electron chi connectivity index (χ2n) is 5.57. The highest BCUT2D eigenvalue weighted by Crippen LogP contribution is 2.17. The quantitative estimate of drug-likeness (QED) is 0.753. The first-order chi connectivity index (χ1) is 9.61. The molecule has 0 aliphatic carbocycles. The molecule has 2 amide bonds. The van der Waals surface area contributed by atoms with Gasteiger partial charge in [0.2, 0.25) is 11.8 Å². The Morgan fingerprint density at radius 3 is 2.48 bits per heavy atom. The lowest BCUT2D eigenvalue weighted by Crippen LogP contribution is -2.63. The summed E-state index contributed by atoms with van der Waals surface area (Å²) in [6, 6.07) is -1.31. The normalized spacial score (nSPS) is 23.7. The summed E-state index contributed by atoms with van der Waals surface area (Å²) in [5.41, 5.74) is 0. The molecule has 0 aromatic heterocycles. The summed E-state index contributed by atoms with van der Waals surface area (Å²) in [5.74, 6) is -0.349. The van der Waals surface area contributed by atoms with Gasteiger partial charge in [0.05, 0.1) is 6.61 Å². The Bertz CT molecular complexity index is 385. The van der Waals surface area contributed by atoms with Crippen molar-refractivity contribution in [2.24, 2.45) is 5.92 Å². The van der Waals surface area contributed by atoms with Crippen molar-refractivity contribution in [3.05, 3.63) is 0 Å². The fourth-order valence-corrected chi connectivity index (χ4v) is 2.17. The lowest BCUT2D eigenvalue weighted by Gasteiger charge is -2.37. The van der Waals surface area contributed by atoms with Crippen LogP contribution in [0.4, 0.5) is 13.2 Å². The molecule has 0 radical (unpaired) electrons. The van der Waals surface area contributed by atoms with Crippen molar-refractivity contribution in [2.45, 2.75) is 45.5 Å². The standard InChI is InChI=1S/C13H21F3N2O3/c1-8(2)6-10-12(20)18(9(3)11(19)17-10)4-5-21-7-13(14,15)16/h8-10H,4-7H2,1-3H3,(H,17,19). The zero-order valence-electron chi connectivity index (χ0n) is 12.4. The third-order valence-corrected chi connectivity index (χ3v) is 3.19. The van der Waals surface area contributed by atoms with E-state index in [9.17, 15) is 22.8 Å². The van der Waals surface area contributed by atoms with Crippen LogP contribution < -0.4 is 5.32 Å². The fourth-order valence-electron chi connectivity index (χ4n) is 2.17. The molecule has 21 heavy (non-hydrogen) atoms. The Balaban J connectivity index is 2.56. The molecule has 0 aromatic rings. The summed E-state index contributed by atoms with van der Waals surface area (Å²) in [7, 11) is 0. The molecule has 0 saturated carbocycles. The molecular weight excluding hydrogens is 289 g/mol. The van der Waals surface area contributed by atoms with E-state index in [0.29, 0.717) is 6.42 Å². The molecule has 1 N–H and O–H groups in total. The van der Waals surface area contributed by atoms with Crippen LogP contribution in [-0.2, 0) is 14.3 Å². The van der Waals surface area contributed by atoms with E-state index >= 15 is 0 Å². The Morgan fingerprint density at radius 2 is 1.95 bits per heavy atom. The summed E-state index contributed by atoms with van der Waals surface area (Å²) in [6.07, 6.45) is -3.90. The summed E-state index contributed by atoms with van der Waals surface area (Å²) < 4.78 is 40.4. The highest BCUT2D eigenvalue weighted by atomic mass is 19.4. The number of amides is 2. The molecule has 2 atom stereocenters. The molecule has 1 saturated heterocycles. The molecule has 0 aromatic carbocycles. The van der Waals surface area contributed by atoms with E-state index in [1.54, 1.807) is 6.92 Å². The first kappa shape index (κ1) is 17.7. The van der Waals surface area contributed by atoms with Crippen molar-refractivity contribution in [1.29, 1.82) is 0 Å². The molecule has 5 nitrogen and oxygen atoms in total. The predicted octanol–water partition coefficient (Wildman–Crippen LogP) is 1.33. The highest BCUT2D eigenvalue weighted by Gasteiger charge is 2.38. The molecule has 0 bridgehead atoms. The lowest BCUT2D eigenvalue weighted by atomic mass is 9.99. The predicted molar refractivity (Wildman–Crippen MR) is 69.4 cm³/mol. The maximum absolute atomic E-state index is 12.2. The van der Waals surface area contributed by atoms with Gasteiger partial charge >= 0.3 is 6.18 Å². The molecular formula is C13H21F3N2O3. The van der Waals surface area contributed by atoms with Crippen molar-refractivity contribution in [3.63, 3.8) is 0 Å². The first-order valence-electron chi connectivity index (χ1n) is 6.87. The van der Waals surface area contributed by atoms with Crippen LogP contribution in [0.3, 0.4) is 0 Å². The molecule has 2 unspecified atom stereocenters. The number of ether oxygens (including phenoxy) is 1. The van der Waals surface area contributed by atoms with Gasteiger partial charge < -0.3 is 15.0 Å². The van der Waals surface area contributed by atoms with E-state index in [1.165, 1.54) is 4.90 Å². The molecule has 1 aliphatic heterocycles. The van der Waals surface area contributed by atoms with Gasteiger partial charge in [0.1, 0.15) is 18.7 Å². The van der Waals surface area contributed by atoms with Crippen LogP contribution in [-0.4, -0.2) is 54.7 Å². The van der Waals surface area contributed by atoms with Gasteiger partial charge in [0, 0.05) is 6.54 Å². The number of rotatable bonds is 6. The van der Waals surface area contributed by atoms with Crippen LogP contribution in [0.5, 0.6) is 0 Å². The van der Waals surface area contributed by atoms with Gasteiger partial charge in [-0.15, -0.1) is 0 Å². The Hall–Kier alpha value is -1.31. The number of nitrogens with one attached hydrogen (secondary N) is 1. The van der Waals surface area contributed by atoms with Crippen molar-refractivity contribution in [3.8, 4) is 0 Å². The van der Waals surface area contributed by atoms with Gasteiger partial charge in [-0.25, -0.2) is 0 Å². The second-order valence-corrected chi connectivity index (χ2v) is 5.57. The van der Waals surface area contributed by atoms with E-state index in [0.717, 1.165) is 0 Å². The molecule has 1 rings (SSSR count). The first-order valence-corrected chi connectivity index (χ1v) is 6.87. The summed E-state index contributed by atoms with van der Waals surface area (Å²) >= 11 is 0.